The molecule has 0 aromatic heterocycles. The number of methoxy groups -OCH3 is 2. The van der Waals surface area contributed by atoms with Crippen molar-refractivity contribution in [1.82, 2.24) is 9.80 Å². The molecular formula is C45H59N5O9S2. The fourth-order valence-corrected chi connectivity index (χ4v) is 9.32. The molecule has 4 heterocycles. The highest BCUT2D eigenvalue weighted by Gasteiger charge is 2.46. The van der Waals surface area contributed by atoms with E-state index < -0.39 is 18.4 Å². The summed E-state index contributed by atoms with van der Waals surface area (Å²) in [6.07, 6.45) is 6.65. The van der Waals surface area contributed by atoms with Crippen LogP contribution in [-0.2, 0) is 4.74 Å². The fraction of sp³-hybridized carbons (Fsp3) is 0.467. The van der Waals surface area contributed by atoms with Gasteiger partial charge >= 0.3 is 6.09 Å². The van der Waals surface area contributed by atoms with Crippen molar-refractivity contribution >= 4 is 57.6 Å². The van der Waals surface area contributed by atoms with E-state index in [1.165, 1.54) is 33.6 Å². The van der Waals surface area contributed by atoms with Gasteiger partial charge in [0.2, 0.25) is 0 Å². The number of hydrogen-bond acceptors (Lipinski definition) is 13. The van der Waals surface area contributed by atoms with Crippen molar-refractivity contribution in [3.05, 3.63) is 83.0 Å². The summed E-state index contributed by atoms with van der Waals surface area (Å²) in [7, 11) is 5.92. The van der Waals surface area contributed by atoms with Gasteiger partial charge in [-0.3, -0.25) is 14.6 Å². The van der Waals surface area contributed by atoms with Crippen LogP contribution >= 0.6 is 21.6 Å². The Hall–Kier alpha value is -5.06. The van der Waals surface area contributed by atoms with E-state index in [4.69, 9.17) is 23.7 Å². The van der Waals surface area contributed by atoms with Gasteiger partial charge in [0, 0.05) is 37.0 Å². The van der Waals surface area contributed by atoms with E-state index in [0.717, 1.165) is 34.6 Å². The quantitative estimate of drug-likeness (QED) is 0.0516. The molecule has 2 fully saturated rings. The zero-order valence-electron chi connectivity index (χ0n) is 36.1. The third-order valence-corrected chi connectivity index (χ3v) is 13.2. The third kappa shape index (κ3) is 11.1. The largest absolute Gasteiger partial charge is 0.493 e. The number of allylic oxidation sites excluding steroid dienone is 3. The Labute approximate surface area is 367 Å². The zero-order chi connectivity index (χ0) is 44.2. The summed E-state index contributed by atoms with van der Waals surface area (Å²) >= 11 is 0. The van der Waals surface area contributed by atoms with Crippen molar-refractivity contribution in [3.8, 4) is 23.0 Å². The van der Waals surface area contributed by atoms with E-state index in [1.807, 2.05) is 56.9 Å². The number of rotatable bonds is 17. The lowest BCUT2D eigenvalue weighted by Crippen LogP contribution is -2.51. The van der Waals surface area contributed by atoms with Crippen molar-refractivity contribution in [2.45, 2.75) is 83.4 Å². The Bertz CT molecular complexity index is 2020. The van der Waals surface area contributed by atoms with Crippen LogP contribution in [-0.4, -0.2) is 117 Å². The molecule has 2 saturated heterocycles. The van der Waals surface area contributed by atoms with Crippen molar-refractivity contribution < 1.29 is 43.2 Å². The molecule has 61 heavy (non-hydrogen) atoms. The number of hydrogen-bond donors (Lipinski definition) is 2. The summed E-state index contributed by atoms with van der Waals surface area (Å²) in [6.45, 7) is 21.8. The predicted octanol–water partition coefficient (Wildman–Crippen LogP) is 8.49. The van der Waals surface area contributed by atoms with E-state index in [1.54, 1.807) is 25.3 Å². The molecule has 2 aromatic carbocycles. The lowest BCUT2D eigenvalue weighted by Gasteiger charge is -2.31. The van der Waals surface area contributed by atoms with E-state index in [-0.39, 0.29) is 47.5 Å². The predicted molar refractivity (Wildman–Crippen MR) is 245 cm³/mol. The van der Waals surface area contributed by atoms with Crippen LogP contribution in [0.2, 0.25) is 0 Å². The van der Waals surface area contributed by atoms with Crippen molar-refractivity contribution in [1.29, 1.82) is 0 Å². The molecule has 0 radical (unpaired) electrons. The molecule has 0 spiro atoms. The maximum absolute atomic E-state index is 14.0. The molecule has 2 N–H and O–H groups in total. The Morgan fingerprint density at radius 3 is 2.21 bits per heavy atom. The van der Waals surface area contributed by atoms with Crippen molar-refractivity contribution in [3.63, 3.8) is 0 Å². The van der Waals surface area contributed by atoms with Crippen LogP contribution in [0.4, 0.5) is 16.2 Å². The molecule has 2 aromatic rings. The summed E-state index contributed by atoms with van der Waals surface area (Å²) in [5.74, 6) is 1.26. The molecule has 3 amide bonds. The second-order valence-electron chi connectivity index (χ2n) is 14.7. The number of carbonyl (C=O) groups excluding carboxylic acids is 3. The summed E-state index contributed by atoms with van der Waals surface area (Å²) in [5.41, 5.74) is 3.43. The highest BCUT2D eigenvalue weighted by atomic mass is 33.1. The van der Waals surface area contributed by atoms with Gasteiger partial charge in [0.25, 0.3) is 11.8 Å². The lowest BCUT2D eigenvalue weighted by atomic mass is 10.1. The summed E-state index contributed by atoms with van der Waals surface area (Å²) in [5, 5.41) is 15.7. The minimum Gasteiger partial charge on any atom is -0.493 e. The molecule has 0 bridgehead atoms. The van der Waals surface area contributed by atoms with Crippen LogP contribution in [0.25, 0.3) is 0 Å². The highest BCUT2D eigenvalue weighted by molar-refractivity contribution is 8.78. The Morgan fingerprint density at radius 2 is 1.56 bits per heavy atom. The Balaban J connectivity index is 0.00000347. The van der Waals surface area contributed by atoms with Gasteiger partial charge < -0.3 is 43.9 Å². The fourth-order valence-electron chi connectivity index (χ4n) is 7.47. The minimum atomic E-state index is -1.40. The maximum atomic E-state index is 14.0. The van der Waals surface area contributed by atoms with Crippen LogP contribution in [0.1, 0.15) is 80.5 Å². The van der Waals surface area contributed by atoms with Gasteiger partial charge in [-0.05, 0) is 81.7 Å². The van der Waals surface area contributed by atoms with Crippen molar-refractivity contribution in [2.24, 2.45) is 4.99 Å². The molecule has 330 valence electrons. The summed E-state index contributed by atoms with van der Waals surface area (Å²) in [4.78, 5) is 49.7. The molecule has 14 nitrogen and oxygen atoms in total. The molecule has 16 heteroatoms. The van der Waals surface area contributed by atoms with Crippen molar-refractivity contribution in [2.75, 3.05) is 63.9 Å². The second kappa shape index (κ2) is 22.2. The standard InChI is InChI=1S/C43H53N5O9S2.C2H6/c1-8-9-13-39(44-5)59-58-28(4)25-57-43(52)48-33-21-38(36(54-7)19-31(33)41(50)47-24-27(3)17-34(47)42(48)51)56-15-12-10-11-14-55-37-20-32-30(18-35(37)53-6)40(49)46-23-26(2)16-29(46)22-45-32;1-2/h8-9,13,18-21,28-29,34,42,45,51H,2-3,5,10-12,14-17,22-25H2,1,4,6-7H3;1-2H3/b9-8-,39-13+;/t28-,29?,34+,42+;/m1./s1. The van der Waals surface area contributed by atoms with Crippen LogP contribution in [0, 0.1) is 0 Å². The van der Waals surface area contributed by atoms with Crippen LogP contribution in [0.3, 0.4) is 0 Å². The zero-order valence-corrected chi connectivity index (χ0v) is 37.7. The van der Waals surface area contributed by atoms with Gasteiger partial charge in [0.15, 0.2) is 29.2 Å². The first-order chi connectivity index (χ1) is 29.5. The number of carbonyl (C=O) groups is 3. The number of nitrogens with zero attached hydrogens (tertiary/aromatic N) is 4. The van der Waals surface area contributed by atoms with Gasteiger partial charge in [-0.2, -0.15) is 0 Å². The number of fused-ring (bicyclic) bond motifs is 4. The van der Waals surface area contributed by atoms with E-state index in [2.05, 4.69) is 30.2 Å². The molecule has 6 rings (SSSR count). The summed E-state index contributed by atoms with van der Waals surface area (Å²) < 4.78 is 29.4. The number of benzene rings is 2. The number of aliphatic hydroxyl groups excluding tert-OH is 1. The molecule has 4 atom stereocenters. The number of aliphatic imine (C=N–C) groups is 1. The first-order valence-corrected chi connectivity index (χ1v) is 22.8. The Morgan fingerprint density at radius 1 is 0.934 bits per heavy atom. The van der Waals surface area contributed by atoms with Gasteiger partial charge in [-0.15, -0.1) is 0 Å². The van der Waals surface area contributed by atoms with Gasteiger partial charge in [-0.1, -0.05) is 61.1 Å². The SMILES string of the molecule is C=N/C(=C\C=C/C)SS[C@H](C)COC(=O)N1c2cc(OCCCCCOc3cc4c(cc3OC)C(=O)N3CC(=C)CC3CN4)c(OC)cc2C(=O)N2CC(=C)C[C@H]2[C@@H]1O.CC. The number of aliphatic hydroxyl groups is 1. The Kier molecular flexibility index (Phi) is 17.1. The number of unbranched alkanes of at least 4 members (excludes halogenated alkanes) is 2. The average molecular weight is 878 g/mol. The van der Waals surface area contributed by atoms with Gasteiger partial charge in [-0.25, -0.2) is 9.69 Å². The average Bonchev–Trinajstić information content (AvgIpc) is 3.81. The molecule has 0 saturated carbocycles. The molecule has 4 aliphatic rings. The lowest BCUT2D eigenvalue weighted by molar-refractivity contribution is 0.0491. The summed E-state index contributed by atoms with van der Waals surface area (Å²) in [6, 6.07) is 6.03. The highest BCUT2D eigenvalue weighted by Crippen LogP contribution is 2.43. The van der Waals surface area contributed by atoms with Crippen LogP contribution in [0.15, 0.2) is 76.8 Å². The van der Waals surface area contributed by atoms with E-state index >= 15 is 0 Å². The first-order valence-electron chi connectivity index (χ1n) is 20.6. The van der Waals surface area contributed by atoms with E-state index in [9.17, 15) is 19.5 Å². The maximum Gasteiger partial charge on any atom is 0.416 e. The van der Waals surface area contributed by atoms with Crippen LogP contribution in [0.5, 0.6) is 23.0 Å². The third-order valence-electron chi connectivity index (χ3n) is 10.4. The molecular weight excluding hydrogens is 819 g/mol. The molecule has 0 aliphatic carbocycles. The number of amides is 3. The van der Waals surface area contributed by atoms with Crippen LogP contribution < -0.4 is 29.2 Å². The first kappa shape index (κ1) is 47.0. The normalized spacial score (nSPS) is 20.0. The second-order valence-corrected chi connectivity index (χ2v) is 17.4. The monoisotopic (exact) mass is 877 g/mol. The van der Waals surface area contributed by atoms with Gasteiger partial charge in [0.05, 0.1) is 62.0 Å². The minimum absolute atomic E-state index is 0.0348. The molecule has 4 aliphatic heterocycles. The number of nitrogens with one attached hydrogen (secondary N) is 1. The smallest absolute Gasteiger partial charge is 0.416 e. The topological polar surface area (TPSA) is 152 Å². The van der Waals surface area contributed by atoms with E-state index in [0.29, 0.717) is 79.2 Å². The number of anilines is 2. The van der Waals surface area contributed by atoms with Gasteiger partial charge in [0.1, 0.15) is 11.6 Å². The number of ether oxygens (including phenoxy) is 5. The molecule has 1 unspecified atom stereocenters.